The van der Waals surface area contributed by atoms with Gasteiger partial charge in [0.05, 0.1) is 13.2 Å². The van der Waals surface area contributed by atoms with Crippen molar-refractivity contribution in [2.24, 2.45) is 0 Å². The van der Waals surface area contributed by atoms with Gasteiger partial charge in [-0.2, -0.15) is 0 Å². The van der Waals surface area contributed by atoms with Gasteiger partial charge in [0, 0.05) is 23.5 Å². The Morgan fingerprint density at radius 1 is 1.39 bits per heavy atom. The molecule has 0 aliphatic carbocycles. The third-order valence-corrected chi connectivity index (χ3v) is 5.31. The molecule has 23 heavy (non-hydrogen) atoms. The SMILES string of the molecule is COc1ccc(C)cc1C(C)NC(=O)N1CCc2sccc2C1. The number of rotatable bonds is 3. The second kappa shape index (κ2) is 6.62. The van der Waals surface area contributed by atoms with E-state index in [4.69, 9.17) is 4.74 Å². The number of urea groups is 1. The summed E-state index contributed by atoms with van der Waals surface area (Å²) in [6.45, 7) is 5.51. The van der Waals surface area contributed by atoms with Crippen LogP contribution in [-0.4, -0.2) is 24.6 Å². The number of nitrogens with one attached hydrogen (secondary N) is 1. The highest BCUT2D eigenvalue weighted by Crippen LogP contribution is 2.27. The van der Waals surface area contributed by atoms with Gasteiger partial charge in [0.2, 0.25) is 0 Å². The number of ether oxygens (including phenoxy) is 1. The standard InChI is InChI=1S/C18H22N2O2S/c1-12-4-5-16(22-3)15(10-12)13(2)19-18(21)20-8-6-17-14(11-20)7-9-23-17/h4-5,7,9-10,13H,6,8,11H2,1-3H3,(H,19,21). The number of thiophene rings is 1. The summed E-state index contributed by atoms with van der Waals surface area (Å²) in [5.41, 5.74) is 3.44. The van der Waals surface area contributed by atoms with Gasteiger partial charge in [0.25, 0.3) is 0 Å². The van der Waals surface area contributed by atoms with Crippen molar-refractivity contribution in [3.8, 4) is 5.75 Å². The molecule has 1 aliphatic heterocycles. The lowest BCUT2D eigenvalue weighted by molar-refractivity contribution is 0.189. The predicted octanol–water partition coefficient (Wildman–Crippen LogP) is 3.89. The minimum Gasteiger partial charge on any atom is -0.496 e. The Bertz CT molecular complexity index is 711. The van der Waals surface area contributed by atoms with Crippen LogP contribution in [0.2, 0.25) is 0 Å². The van der Waals surface area contributed by atoms with E-state index in [0.29, 0.717) is 6.54 Å². The normalized spacial score (nSPS) is 15.0. The average Bonchev–Trinajstić information content (AvgIpc) is 3.02. The molecule has 0 fully saturated rings. The maximum atomic E-state index is 12.6. The Labute approximate surface area is 141 Å². The number of benzene rings is 1. The van der Waals surface area contributed by atoms with Crippen LogP contribution in [0.15, 0.2) is 29.6 Å². The van der Waals surface area contributed by atoms with Gasteiger partial charge in [0.1, 0.15) is 5.75 Å². The number of methoxy groups -OCH3 is 1. The summed E-state index contributed by atoms with van der Waals surface area (Å²) in [6.07, 6.45) is 0.947. The maximum absolute atomic E-state index is 12.6. The molecular formula is C18H22N2O2S. The molecule has 1 aromatic heterocycles. The van der Waals surface area contributed by atoms with Crippen LogP contribution < -0.4 is 10.1 Å². The minimum atomic E-state index is -0.0961. The van der Waals surface area contributed by atoms with E-state index in [1.165, 1.54) is 10.4 Å². The molecule has 0 saturated carbocycles. The lowest BCUT2D eigenvalue weighted by atomic mass is 10.0. The summed E-state index contributed by atoms with van der Waals surface area (Å²) in [7, 11) is 1.66. The van der Waals surface area contributed by atoms with Crippen LogP contribution in [0.25, 0.3) is 0 Å². The summed E-state index contributed by atoms with van der Waals surface area (Å²) in [5.74, 6) is 0.808. The molecule has 2 aromatic rings. The van der Waals surface area contributed by atoms with Crippen molar-refractivity contribution in [2.45, 2.75) is 32.9 Å². The van der Waals surface area contributed by atoms with Crippen molar-refractivity contribution in [2.75, 3.05) is 13.7 Å². The molecule has 0 saturated heterocycles. The second-order valence-electron chi connectivity index (χ2n) is 5.96. The first-order valence-corrected chi connectivity index (χ1v) is 8.71. The van der Waals surface area contributed by atoms with E-state index in [0.717, 1.165) is 29.8 Å². The molecule has 1 unspecified atom stereocenters. The molecule has 2 heterocycles. The van der Waals surface area contributed by atoms with E-state index >= 15 is 0 Å². The van der Waals surface area contributed by atoms with Crippen molar-refractivity contribution in [1.82, 2.24) is 10.2 Å². The summed E-state index contributed by atoms with van der Waals surface area (Å²) >= 11 is 1.78. The molecule has 5 heteroatoms. The first-order valence-electron chi connectivity index (χ1n) is 7.83. The van der Waals surface area contributed by atoms with Gasteiger partial charge in [-0.25, -0.2) is 4.79 Å². The monoisotopic (exact) mass is 330 g/mol. The Balaban J connectivity index is 1.70. The highest BCUT2D eigenvalue weighted by molar-refractivity contribution is 7.10. The summed E-state index contributed by atoms with van der Waals surface area (Å²) in [4.78, 5) is 15.9. The zero-order chi connectivity index (χ0) is 16.4. The highest BCUT2D eigenvalue weighted by Gasteiger charge is 2.23. The fourth-order valence-corrected chi connectivity index (χ4v) is 3.86. The number of carbonyl (C=O) groups excluding carboxylic acids is 1. The van der Waals surface area contributed by atoms with Gasteiger partial charge in [-0.1, -0.05) is 17.7 Å². The fraction of sp³-hybridized carbons (Fsp3) is 0.389. The fourth-order valence-electron chi connectivity index (χ4n) is 2.97. The van der Waals surface area contributed by atoms with Gasteiger partial charge < -0.3 is 15.0 Å². The number of aryl methyl sites for hydroxylation is 1. The number of nitrogens with zero attached hydrogens (tertiary/aromatic N) is 1. The molecule has 2 amide bonds. The number of hydrogen-bond donors (Lipinski definition) is 1. The number of fused-ring (bicyclic) bond motifs is 1. The summed E-state index contributed by atoms with van der Waals surface area (Å²) in [6, 6.07) is 8.04. The van der Waals surface area contributed by atoms with Gasteiger partial charge in [-0.15, -0.1) is 11.3 Å². The van der Waals surface area contributed by atoms with Crippen molar-refractivity contribution < 1.29 is 9.53 Å². The Morgan fingerprint density at radius 2 is 2.22 bits per heavy atom. The Morgan fingerprint density at radius 3 is 3.00 bits per heavy atom. The summed E-state index contributed by atoms with van der Waals surface area (Å²) in [5, 5.41) is 5.20. The van der Waals surface area contributed by atoms with Crippen LogP contribution in [0.3, 0.4) is 0 Å². The van der Waals surface area contributed by atoms with E-state index in [1.54, 1.807) is 18.4 Å². The van der Waals surface area contributed by atoms with Crippen LogP contribution in [0.5, 0.6) is 5.75 Å². The molecule has 1 aromatic carbocycles. The first-order chi connectivity index (χ1) is 11.1. The van der Waals surface area contributed by atoms with E-state index < -0.39 is 0 Å². The predicted molar refractivity (Wildman–Crippen MR) is 93.1 cm³/mol. The lowest BCUT2D eigenvalue weighted by Crippen LogP contribution is -2.43. The Kier molecular flexibility index (Phi) is 4.57. The molecule has 1 aliphatic rings. The maximum Gasteiger partial charge on any atom is 0.318 e. The zero-order valence-corrected chi connectivity index (χ0v) is 14.6. The van der Waals surface area contributed by atoms with Gasteiger partial charge in [-0.3, -0.25) is 0 Å². The van der Waals surface area contributed by atoms with Gasteiger partial charge >= 0.3 is 6.03 Å². The van der Waals surface area contributed by atoms with Crippen molar-refractivity contribution in [3.63, 3.8) is 0 Å². The van der Waals surface area contributed by atoms with Gasteiger partial charge in [-0.05, 0) is 43.3 Å². The lowest BCUT2D eigenvalue weighted by Gasteiger charge is -2.29. The third kappa shape index (κ3) is 3.34. The van der Waals surface area contributed by atoms with Crippen LogP contribution in [-0.2, 0) is 13.0 Å². The van der Waals surface area contributed by atoms with Crippen LogP contribution in [0.4, 0.5) is 4.79 Å². The van der Waals surface area contributed by atoms with Crippen LogP contribution in [0.1, 0.15) is 34.5 Å². The Hall–Kier alpha value is -2.01. The van der Waals surface area contributed by atoms with E-state index in [-0.39, 0.29) is 12.1 Å². The molecule has 1 atom stereocenters. The molecule has 3 rings (SSSR count). The number of amides is 2. The molecule has 4 nitrogen and oxygen atoms in total. The molecule has 1 N–H and O–H groups in total. The second-order valence-corrected chi connectivity index (χ2v) is 6.96. The number of carbonyl (C=O) groups is 1. The van der Waals surface area contributed by atoms with Crippen molar-refractivity contribution in [1.29, 1.82) is 0 Å². The number of hydrogen-bond acceptors (Lipinski definition) is 3. The van der Waals surface area contributed by atoms with Crippen LogP contribution in [0, 0.1) is 6.92 Å². The van der Waals surface area contributed by atoms with Crippen molar-refractivity contribution in [3.05, 3.63) is 51.2 Å². The van der Waals surface area contributed by atoms with E-state index in [2.05, 4.69) is 22.8 Å². The molecule has 0 radical (unpaired) electrons. The first kappa shape index (κ1) is 15.9. The topological polar surface area (TPSA) is 41.6 Å². The van der Waals surface area contributed by atoms with Crippen LogP contribution >= 0.6 is 11.3 Å². The molecule has 0 spiro atoms. The van der Waals surface area contributed by atoms with E-state index in [9.17, 15) is 4.79 Å². The van der Waals surface area contributed by atoms with Gasteiger partial charge in [0.15, 0.2) is 0 Å². The van der Waals surface area contributed by atoms with E-state index in [1.807, 2.05) is 30.9 Å². The quantitative estimate of drug-likeness (QED) is 0.927. The largest absolute Gasteiger partial charge is 0.496 e. The average molecular weight is 330 g/mol. The third-order valence-electron chi connectivity index (χ3n) is 4.29. The molecule has 122 valence electrons. The highest BCUT2D eigenvalue weighted by atomic mass is 32.1. The minimum absolute atomic E-state index is 0.0158. The smallest absolute Gasteiger partial charge is 0.318 e. The zero-order valence-electron chi connectivity index (χ0n) is 13.8. The van der Waals surface area contributed by atoms with Crippen molar-refractivity contribution >= 4 is 17.4 Å². The molecule has 0 bridgehead atoms. The summed E-state index contributed by atoms with van der Waals surface area (Å²) < 4.78 is 5.42. The molecular weight excluding hydrogens is 308 g/mol.